The number of fused-ring (bicyclic) bond motifs is 1. The zero-order valence-electron chi connectivity index (χ0n) is 13.6. The monoisotopic (exact) mass is 322 g/mol. The van der Waals surface area contributed by atoms with Crippen molar-refractivity contribution < 1.29 is 9.59 Å². The Morgan fingerprint density at radius 1 is 1.21 bits per heavy atom. The second kappa shape index (κ2) is 6.20. The first-order chi connectivity index (χ1) is 11.5. The van der Waals surface area contributed by atoms with Gasteiger partial charge < -0.3 is 15.2 Å². The number of carbonyl (C=O) groups excluding carboxylic acids is 2. The quantitative estimate of drug-likeness (QED) is 0.911. The molecule has 1 aliphatic heterocycles. The Morgan fingerprint density at radius 3 is 2.54 bits per heavy atom. The van der Waals surface area contributed by atoms with Crippen LogP contribution in [0.25, 0.3) is 0 Å². The number of carbonyl (C=O) groups is 2. The summed E-state index contributed by atoms with van der Waals surface area (Å²) < 4.78 is 1.84. The molecule has 2 aromatic rings. The molecule has 0 unspecified atom stereocenters. The maximum Gasteiger partial charge on any atom is 0.274 e. The molecule has 2 amide bonds. The molecule has 1 aromatic heterocycles. The van der Waals surface area contributed by atoms with Crippen LogP contribution < -0.4 is 10.6 Å². The molecule has 0 spiro atoms. The van der Waals surface area contributed by atoms with E-state index < -0.39 is 0 Å². The number of rotatable bonds is 3. The lowest BCUT2D eigenvalue weighted by Gasteiger charge is -2.11. The van der Waals surface area contributed by atoms with Gasteiger partial charge >= 0.3 is 0 Å². The number of hydrogen-bond donors (Lipinski definition) is 2. The molecular weight excluding hydrogens is 304 g/mol. The van der Waals surface area contributed by atoms with Crippen LogP contribution in [0, 0.1) is 18.3 Å². The van der Waals surface area contributed by atoms with Crippen LogP contribution in [0.2, 0.25) is 0 Å². The number of aromatic nitrogens is 1. The lowest BCUT2D eigenvalue weighted by molar-refractivity contribution is -0.114. The molecule has 2 N–H and O–H groups in total. The molecule has 0 saturated carbocycles. The van der Waals surface area contributed by atoms with Gasteiger partial charge in [-0.15, -0.1) is 0 Å². The summed E-state index contributed by atoms with van der Waals surface area (Å²) in [5, 5.41) is 15.0. The summed E-state index contributed by atoms with van der Waals surface area (Å²) in [6.45, 7) is 4.01. The molecule has 0 aliphatic carbocycles. The highest BCUT2D eigenvalue weighted by atomic mass is 16.2. The Labute approximate surface area is 140 Å². The van der Waals surface area contributed by atoms with Crippen molar-refractivity contribution in [3.63, 3.8) is 0 Å². The third-order valence-corrected chi connectivity index (χ3v) is 4.10. The molecule has 3 rings (SSSR count). The molecule has 2 heterocycles. The van der Waals surface area contributed by atoms with Crippen molar-refractivity contribution in [3.05, 3.63) is 46.8 Å². The van der Waals surface area contributed by atoms with Gasteiger partial charge in [-0.05, 0) is 31.9 Å². The second-order valence-corrected chi connectivity index (χ2v) is 5.91. The summed E-state index contributed by atoms with van der Waals surface area (Å²) in [7, 11) is 0. The van der Waals surface area contributed by atoms with Gasteiger partial charge in [0.05, 0.1) is 11.3 Å². The van der Waals surface area contributed by atoms with Crippen LogP contribution in [-0.4, -0.2) is 16.4 Å². The number of amides is 2. The predicted octanol–water partition coefficient (Wildman–Crippen LogP) is 2.83. The van der Waals surface area contributed by atoms with Crippen molar-refractivity contribution in [2.24, 2.45) is 0 Å². The fraction of sp³-hybridized carbons (Fsp3) is 0.278. The molecule has 0 fully saturated rings. The van der Waals surface area contributed by atoms with Gasteiger partial charge in [0.15, 0.2) is 0 Å². The first kappa shape index (κ1) is 15.8. The largest absolute Gasteiger partial charge is 0.337 e. The van der Waals surface area contributed by atoms with Crippen LogP contribution in [0.15, 0.2) is 24.3 Å². The highest BCUT2D eigenvalue weighted by Gasteiger charge is 2.30. The van der Waals surface area contributed by atoms with E-state index >= 15 is 0 Å². The lowest BCUT2D eigenvalue weighted by atomic mass is 10.1. The van der Waals surface area contributed by atoms with Gasteiger partial charge in [0.2, 0.25) is 5.91 Å². The van der Waals surface area contributed by atoms with Crippen LogP contribution in [0.4, 0.5) is 11.4 Å². The van der Waals surface area contributed by atoms with Crippen LogP contribution in [0.3, 0.4) is 0 Å². The van der Waals surface area contributed by atoms with E-state index in [1.807, 2.05) is 35.8 Å². The van der Waals surface area contributed by atoms with Crippen molar-refractivity contribution in [2.45, 2.75) is 33.2 Å². The summed E-state index contributed by atoms with van der Waals surface area (Å²) >= 11 is 0. The molecule has 1 aromatic carbocycles. The van der Waals surface area contributed by atoms with Gasteiger partial charge in [0, 0.05) is 24.8 Å². The van der Waals surface area contributed by atoms with Gasteiger partial charge in [0.1, 0.15) is 11.8 Å². The van der Waals surface area contributed by atoms with Crippen LogP contribution >= 0.6 is 0 Å². The minimum Gasteiger partial charge on any atom is -0.337 e. The Kier molecular flexibility index (Phi) is 4.09. The molecule has 0 atom stereocenters. The summed E-state index contributed by atoms with van der Waals surface area (Å²) in [5.74, 6) is -0.632. The number of nitrogens with zero attached hydrogens (tertiary/aromatic N) is 2. The zero-order chi connectivity index (χ0) is 17.3. The van der Waals surface area contributed by atoms with Crippen LogP contribution in [0.1, 0.15) is 40.7 Å². The van der Waals surface area contributed by atoms with Crippen molar-refractivity contribution in [2.75, 3.05) is 10.6 Å². The second-order valence-electron chi connectivity index (χ2n) is 5.91. The third-order valence-electron chi connectivity index (χ3n) is 4.10. The number of anilines is 2. The normalized spacial score (nSPS) is 12.4. The highest BCUT2D eigenvalue weighted by Crippen LogP contribution is 2.33. The van der Waals surface area contributed by atoms with Gasteiger partial charge in [-0.1, -0.05) is 17.7 Å². The van der Waals surface area contributed by atoms with E-state index in [2.05, 4.69) is 16.7 Å². The molecular formula is C18H18N4O2. The SMILES string of the molecule is CC(=O)Nc1c(C#N)c2n(c1C(=O)Nc1ccc(C)cc1)CCC2. The lowest BCUT2D eigenvalue weighted by Crippen LogP contribution is -2.19. The molecule has 6 heteroatoms. The van der Waals surface area contributed by atoms with E-state index in [1.165, 1.54) is 6.92 Å². The first-order valence-electron chi connectivity index (χ1n) is 7.82. The fourth-order valence-electron chi connectivity index (χ4n) is 3.06. The third kappa shape index (κ3) is 2.76. The molecule has 1 aliphatic rings. The Morgan fingerprint density at radius 2 is 1.92 bits per heavy atom. The summed E-state index contributed by atoms with van der Waals surface area (Å²) in [4.78, 5) is 24.3. The van der Waals surface area contributed by atoms with Crippen LogP contribution in [-0.2, 0) is 17.8 Å². The Hall–Kier alpha value is -3.07. The molecule has 6 nitrogen and oxygen atoms in total. The number of nitrogens with one attached hydrogen (secondary N) is 2. The van der Waals surface area contributed by atoms with E-state index in [1.54, 1.807) is 0 Å². The topological polar surface area (TPSA) is 86.9 Å². The van der Waals surface area contributed by atoms with E-state index in [0.717, 1.165) is 24.1 Å². The highest BCUT2D eigenvalue weighted by molar-refractivity contribution is 6.10. The maximum absolute atomic E-state index is 12.8. The van der Waals surface area contributed by atoms with E-state index in [4.69, 9.17) is 0 Å². The Balaban J connectivity index is 2.02. The van der Waals surface area contributed by atoms with E-state index in [0.29, 0.717) is 29.2 Å². The summed E-state index contributed by atoms with van der Waals surface area (Å²) in [6.07, 6.45) is 1.61. The zero-order valence-corrected chi connectivity index (χ0v) is 13.6. The average molecular weight is 322 g/mol. The van der Waals surface area contributed by atoms with E-state index in [9.17, 15) is 14.9 Å². The number of benzene rings is 1. The molecule has 0 bridgehead atoms. The molecule has 122 valence electrons. The molecule has 0 saturated heterocycles. The number of hydrogen-bond acceptors (Lipinski definition) is 3. The molecule has 0 radical (unpaired) electrons. The predicted molar refractivity (Wildman–Crippen MR) is 90.9 cm³/mol. The number of aryl methyl sites for hydroxylation is 1. The summed E-state index contributed by atoms with van der Waals surface area (Å²) in [5.41, 5.74) is 3.62. The van der Waals surface area contributed by atoms with Crippen molar-refractivity contribution in [3.8, 4) is 6.07 Å². The smallest absolute Gasteiger partial charge is 0.274 e. The van der Waals surface area contributed by atoms with Gasteiger partial charge in [0.25, 0.3) is 5.91 Å². The minimum atomic E-state index is -0.327. The van der Waals surface area contributed by atoms with Gasteiger partial charge in [-0.2, -0.15) is 5.26 Å². The Bertz CT molecular complexity index is 857. The summed E-state index contributed by atoms with van der Waals surface area (Å²) in [6, 6.07) is 9.60. The maximum atomic E-state index is 12.8. The molecule has 24 heavy (non-hydrogen) atoms. The minimum absolute atomic E-state index is 0.305. The average Bonchev–Trinajstić information content (AvgIpc) is 3.08. The standard InChI is InChI=1S/C18H18N4O2/c1-11-5-7-13(8-6-11)21-18(24)17-16(20-12(2)23)14(10-19)15-4-3-9-22(15)17/h5-8H,3-4,9H2,1-2H3,(H,20,23)(H,21,24). The van der Waals surface area contributed by atoms with Crippen molar-refractivity contribution in [1.29, 1.82) is 5.26 Å². The van der Waals surface area contributed by atoms with Crippen molar-refractivity contribution in [1.82, 2.24) is 4.57 Å². The van der Waals surface area contributed by atoms with Crippen LogP contribution in [0.5, 0.6) is 0 Å². The first-order valence-corrected chi connectivity index (χ1v) is 7.82. The van der Waals surface area contributed by atoms with Gasteiger partial charge in [-0.25, -0.2) is 0 Å². The van der Waals surface area contributed by atoms with Gasteiger partial charge in [-0.3, -0.25) is 9.59 Å². The number of nitriles is 1. The van der Waals surface area contributed by atoms with Crippen molar-refractivity contribution >= 4 is 23.2 Å². The van der Waals surface area contributed by atoms with E-state index in [-0.39, 0.29) is 11.8 Å². The fourth-order valence-corrected chi connectivity index (χ4v) is 3.06.